The Hall–Kier alpha value is -4.46. The summed E-state index contributed by atoms with van der Waals surface area (Å²) in [6.45, 7) is 13.5. The van der Waals surface area contributed by atoms with Gasteiger partial charge in [0.1, 0.15) is 29.2 Å². The summed E-state index contributed by atoms with van der Waals surface area (Å²) in [6, 6.07) is -1.20. The molecule has 2 aliphatic heterocycles. The fourth-order valence-electron chi connectivity index (χ4n) is 3.65. The van der Waals surface area contributed by atoms with E-state index in [1.54, 1.807) is 41.5 Å². The van der Waals surface area contributed by atoms with Gasteiger partial charge in [-0.15, -0.1) is 11.8 Å². The lowest BCUT2D eigenvalue weighted by Gasteiger charge is -2.49. The number of aromatic nitrogens is 2. The van der Waals surface area contributed by atoms with Gasteiger partial charge in [-0.3, -0.25) is 24.6 Å². The Morgan fingerprint density at radius 2 is 1.68 bits per heavy atom. The molecule has 0 bridgehead atoms. The number of β-lactam (4-membered cyclic amide) rings is 1. The molecule has 3 heterocycles. The van der Waals surface area contributed by atoms with Crippen LogP contribution in [0.3, 0.4) is 0 Å². The van der Waals surface area contributed by atoms with Crippen LogP contribution in [0.25, 0.3) is 0 Å². The maximum absolute atomic E-state index is 13.6. The third-order valence-electron chi connectivity index (χ3n) is 5.63. The average molecular weight is 701 g/mol. The molecule has 2 aliphatic rings. The van der Waals surface area contributed by atoms with Crippen molar-refractivity contribution in [3.63, 3.8) is 0 Å². The SMILES string of the molecule is CC(=O)OCC1=C(OC(=O)O)N2C(=O)[C@@H](NC(=O)/C(=N\OC(C)(C)C(=O)OC(C)(C)C)c3nsc(NC(=O)OC(C)(C)C)n3)[C@@H]2SC1. The minimum absolute atomic E-state index is 0.0595. The van der Waals surface area contributed by atoms with Crippen molar-refractivity contribution in [3.8, 4) is 0 Å². The number of hydrogen-bond donors (Lipinski definition) is 3. The molecule has 1 aromatic heterocycles. The summed E-state index contributed by atoms with van der Waals surface area (Å²) in [5.74, 6) is -3.69. The largest absolute Gasteiger partial charge is 0.512 e. The van der Waals surface area contributed by atoms with Crippen molar-refractivity contribution in [3.05, 3.63) is 17.3 Å². The molecule has 258 valence electrons. The van der Waals surface area contributed by atoms with Crippen LogP contribution >= 0.6 is 23.3 Å². The lowest BCUT2D eigenvalue weighted by Crippen LogP contribution is -2.70. The Kier molecular flexibility index (Phi) is 11.1. The second kappa shape index (κ2) is 14.1. The van der Waals surface area contributed by atoms with Crippen molar-refractivity contribution in [2.24, 2.45) is 5.16 Å². The second-order valence-corrected chi connectivity index (χ2v) is 14.4. The zero-order chi connectivity index (χ0) is 35.5. The summed E-state index contributed by atoms with van der Waals surface area (Å²) < 4.78 is 24.4. The van der Waals surface area contributed by atoms with E-state index in [1.165, 1.54) is 20.8 Å². The third-order valence-corrected chi connectivity index (χ3v) is 7.60. The summed E-state index contributed by atoms with van der Waals surface area (Å²) in [5, 5.41) is 17.1. The molecule has 1 aromatic rings. The van der Waals surface area contributed by atoms with Crippen LogP contribution < -0.4 is 10.6 Å². The number of carboxylic acid groups (broad SMARTS) is 1. The molecule has 1 saturated heterocycles. The first-order valence-electron chi connectivity index (χ1n) is 13.9. The average Bonchev–Trinajstić information content (AvgIpc) is 3.35. The van der Waals surface area contributed by atoms with Crippen molar-refractivity contribution in [2.75, 3.05) is 17.7 Å². The first-order valence-corrected chi connectivity index (χ1v) is 15.8. The quantitative estimate of drug-likeness (QED) is 0.105. The zero-order valence-electron chi connectivity index (χ0n) is 27.1. The van der Waals surface area contributed by atoms with Gasteiger partial charge in [-0.25, -0.2) is 14.4 Å². The highest BCUT2D eigenvalue weighted by Crippen LogP contribution is 2.40. The van der Waals surface area contributed by atoms with Crippen molar-refractivity contribution < 1.29 is 57.7 Å². The minimum atomic E-state index is -1.70. The highest BCUT2D eigenvalue weighted by atomic mass is 32.2. The highest BCUT2D eigenvalue weighted by molar-refractivity contribution is 8.00. The van der Waals surface area contributed by atoms with Crippen LogP contribution in [0.5, 0.6) is 0 Å². The predicted molar refractivity (Wildman–Crippen MR) is 165 cm³/mol. The van der Waals surface area contributed by atoms with Crippen molar-refractivity contribution in [1.82, 2.24) is 19.6 Å². The number of carbonyl (C=O) groups excluding carboxylic acids is 5. The minimum Gasteiger partial charge on any atom is -0.461 e. The molecule has 2 atom stereocenters. The maximum Gasteiger partial charge on any atom is 0.512 e. The van der Waals surface area contributed by atoms with E-state index >= 15 is 0 Å². The number of amides is 3. The second-order valence-electron chi connectivity index (χ2n) is 12.5. The molecule has 18 nitrogen and oxygen atoms in total. The van der Waals surface area contributed by atoms with Gasteiger partial charge in [-0.2, -0.15) is 9.36 Å². The fraction of sp³-hybridized carbons (Fsp3) is 0.593. The van der Waals surface area contributed by atoms with E-state index < -0.39 is 69.9 Å². The first kappa shape index (κ1) is 37.0. The van der Waals surface area contributed by atoms with Gasteiger partial charge in [0.15, 0.2) is 0 Å². The zero-order valence-corrected chi connectivity index (χ0v) is 28.7. The molecule has 0 spiro atoms. The number of ether oxygens (including phenoxy) is 4. The Morgan fingerprint density at radius 1 is 1.04 bits per heavy atom. The van der Waals surface area contributed by atoms with E-state index in [2.05, 4.69) is 25.1 Å². The molecule has 0 aromatic carbocycles. The molecule has 0 unspecified atom stereocenters. The van der Waals surface area contributed by atoms with Crippen LogP contribution in [-0.4, -0.2) is 102 Å². The number of nitrogens with one attached hydrogen (secondary N) is 2. The summed E-state index contributed by atoms with van der Waals surface area (Å²) in [7, 11) is 0. The number of anilines is 1. The number of thioether (sulfide) groups is 1. The van der Waals surface area contributed by atoms with E-state index in [1.807, 2.05) is 0 Å². The smallest absolute Gasteiger partial charge is 0.461 e. The number of fused-ring (bicyclic) bond motifs is 1. The van der Waals surface area contributed by atoms with Crippen LogP contribution in [0.15, 0.2) is 16.6 Å². The summed E-state index contributed by atoms with van der Waals surface area (Å²) in [6.07, 6.45) is -2.53. The maximum atomic E-state index is 13.6. The lowest BCUT2D eigenvalue weighted by molar-refractivity contribution is -0.179. The number of nitrogens with zero attached hydrogens (tertiary/aromatic N) is 4. The van der Waals surface area contributed by atoms with Crippen molar-refractivity contribution >= 4 is 70.1 Å². The number of esters is 2. The molecule has 1 fully saturated rings. The predicted octanol–water partition coefficient (Wildman–Crippen LogP) is 2.60. The first-order chi connectivity index (χ1) is 21.6. The monoisotopic (exact) mass is 700 g/mol. The molecule has 0 saturated carbocycles. The molecule has 47 heavy (non-hydrogen) atoms. The van der Waals surface area contributed by atoms with Gasteiger partial charge in [0.05, 0.1) is 0 Å². The molecule has 0 radical (unpaired) electrons. The van der Waals surface area contributed by atoms with Gasteiger partial charge in [0.25, 0.3) is 11.8 Å². The molecule has 3 amide bonds. The fourth-order valence-corrected chi connectivity index (χ4v) is 5.51. The number of rotatable bonds is 10. The van der Waals surface area contributed by atoms with E-state index in [-0.39, 0.29) is 34.8 Å². The molecule has 3 rings (SSSR count). The highest BCUT2D eigenvalue weighted by Gasteiger charge is 2.54. The lowest BCUT2D eigenvalue weighted by atomic mass is 10.1. The van der Waals surface area contributed by atoms with Crippen LogP contribution in [0, 0.1) is 0 Å². The molecule has 3 N–H and O–H groups in total. The third kappa shape index (κ3) is 10.0. The standard InChI is InChI=1S/C27H36N6O12S2/c1-12(34)41-10-13-11-46-20-15(18(36)33(20)19(13)42-24(39)40)28-17(35)14(31-45-27(8,9)21(37)43-25(2,3)4)16-29-22(47-32-16)30-23(38)44-26(5,6)7/h15,20H,10-11H2,1-9H3,(H,28,35)(H,39,40)(H,29,30,32,38)/b31-14-/t15-,20+/m1/s1. The Bertz CT molecular complexity index is 1510. The Labute approximate surface area is 277 Å². The molecule has 20 heteroatoms. The summed E-state index contributed by atoms with van der Waals surface area (Å²) >= 11 is 1.85. The van der Waals surface area contributed by atoms with Gasteiger partial charge in [-0.1, -0.05) is 5.16 Å². The summed E-state index contributed by atoms with van der Waals surface area (Å²) in [5.41, 5.74) is -3.68. The van der Waals surface area contributed by atoms with Crippen molar-refractivity contribution in [1.29, 1.82) is 0 Å². The topological polar surface area (TPSA) is 234 Å². The van der Waals surface area contributed by atoms with Crippen LogP contribution in [0.1, 0.15) is 68.1 Å². The van der Waals surface area contributed by atoms with Gasteiger partial charge < -0.3 is 34.2 Å². The van der Waals surface area contributed by atoms with E-state index in [0.717, 1.165) is 16.7 Å². The van der Waals surface area contributed by atoms with Crippen LogP contribution in [-0.2, 0) is 43.0 Å². The van der Waals surface area contributed by atoms with Crippen LogP contribution in [0.2, 0.25) is 0 Å². The van der Waals surface area contributed by atoms with Crippen LogP contribution in [0.4, 0.5) is 14.7 Å². The van der Waals surface area contributed by atoms with Crippen molar-refractivity contribution in [2.45, 2.75) is 90.5 Å². The summed E-state index contributed by atoms with van der Waals surface area (Å²) in [4.78, 5) is 85.0. The van der Waals surface area contributed by atoms with Gasteiger partial charge in [0, 0.05) is 29.8 Å². The number of carbonyl (C=O) groups is 6. The van der Waals surface area contributed by atoms with E-state index in [0.29, 0.717) is 11.5 Å². The number of hydrogen-bond acceptors (Lipinski definition) is 16. The number of oxime groups is 1. The molecule has 0 aliphatic carbocycles. The van der Waals surface area contributed by atoms with Gasteiger partial charge >= 0.3 is 24.2 Å². The van der Waals surface area contributed by atoms with E-state index in [9.17, 15) is 33.9 Å². The van der Waals surface area contributed by atoms with E-state index in [4.69, 9.17) is 23.8 Å². The normalized spacial score (nSPS) is 18.4. The van der Waals surface area contributed by atoms with Gasteiger partial charge in [0.2, 0.25) is 28.2 Å². The Balaban J connectivity index is 1.88. The molecular weight excluding hydrogens is 664 g/mol. The Morgan fingerprint density at radius 3 is 2.26 bits per heavy atom. The molecular formula is C27H36N6O12S2. The van der Waals surface area contributed by atoms with Gasteiger partial charge in [-0.05, 0) is 55.4 Å².